The van der Waals surface area contributed by atoms with E-state index in [1.807, 2.05) is 47.6 Å². The number of aryl methyl sites for hydroxylation is 2. The number of aromatic nitrogens is 3. The van der Waals surface area contributed by atoms with E-state index in [2.05, 4.69) is 29.1 Å². The Labute approximate surface area is 172 Å². The first-order valence-electron chi connectivity index (χ1n) is 8.94. The van der Waals surface area contributed by atoms with Crippen LogP contribution in [0.15, 0.2) is 34.9 Å². The van der Waals surface area contributed by atoms with Crippen molar-refractivity contribution in [3.63, 3.8) is 0 Å². The van der Waals surface area contributed by atoms with Crippen LogP contribution in [0.5, 0.6) is 0 Å². The zero-order valence-corrected chi connectivity index (χ0v) is 18.2. The molecule has 1 N–H and O–H groups in total. The van der Waals surface area contributed by atoms with Crippen molar-refractivity contribution in [2.45, 2.75) is 43.3 Å². The van der Waals surface area contributed by atoms with Crippen LogP contribution < -0.4 is 5.32 Å². The molecule has 0 aliphatic heterocycles. The van der Waals surface area contributed by atoms with E-state index in [4.69, 9.17) is 0 Å². The zero-order valence-electron chi connectivity index (χ0n) is 15.8. The standard InChI is InChI=1S/C19H24N4OS3/c1-13(2)25-10-11-26-19-22-16-5-4-15(12-17(16)27-19)21-18(24)6-8-23-9-7-20-14(23)3/h4-5,7,9,12-13H,6,8,10-11H2,1-3H3,(H,21,24). The lowest BCUT2D eigenvalue weighted by atomic mass is 10.3. The number of benzene rings is 1. The average Bonchev–Trinajstić information content (AvgIpc) is 3.22. The minimum atomic E-state index is 0.00674. The molecule has 0 unspecified atom stereocenters. The molecule has 0 aliphatic carbocycles. The van der Waals surface area contributed by atoms with Crippen LogP contribution in [0.4, 0.5) is 5.69 Å². The maximum absolute atomic E-state index is 12.2. The van der Waals surface area contributed by atoms with Crippen LogP contribution in [-0.2, 0) is 11.3 Å². The summed E-state index contributed by atoms with van der Waals surface area (Å²) in [6, 6.07) is 5.92. The Bertz CT molecular complexity index is 903. The first-order chi connectivity index (χ1) is 13.0. The average molecular weight is 421 g/mol. The molecule has 3 aromatic rings. The summed E-state index contributed by atoms with van der Waals surface area (Å²) in [6.07, 6.45) is 4.07. The Hall–Kier alpha value is -1.51. The van der Waals surface area contributed by atoms with Crippen molar-refractivity contribution in [1.29, 1.82) is 0 Å². The number of anilines is 1. The molecule has 0 atom stereocenters. The molecule has 2 aromatic heterocycles. The largest absolute Gasteiger partial charge is 0.335 e. The fourth-order valence-corrected chi connectivity index (χ4v) is 5.56. The molecule has 3 rings (SSSR count). The molecule has 2 heterocycles. The molecule has 0 aliphatic rings. The van der Waals surface area contributed by atoms with Crippen LogP contribution in [0.3, 0.4) is 0 Å². The highest BCUT2D eigenvalue weighted by molar-refractivity contribution is 8.04. The van der Waals surface area contributed by atoms with E-state index in [1.54, 1.807) is 29.3 Å². The van der Waals surface area contributed by atoms with Gasteiger partial charge in [0.1, 0.15) is 5.82 Å². The van der Waals surface area contributed by atoms with Crippen molar-refractivity contribution in [2.75, 3.05) is 16.8 Å². The summed E-state index contributed by atoms with van der Waals surface area (Å²) >= 11 is 5.47. The number of nitrogens with one attached hydrogen (secondary N) is 1. The van der Waals surface area contributed by atoms with E-state index in [0.29, 0.717) is 18.2 Å². The molecule has 27 heavy (non-hydrogen) atoms. The smallest absolute Gasteiger partial charge is 0.226 e. The molecule has 0 saturated heterocycles. The fraction of sp³-hybridized carbons (Fsp3) is 0.421. The molecule has 5 nitrogen and oxygen atoms in total. The highest BCUT2D eigenvalue weighted by Gasteiger charge is 2.08. The van der Waals surface area contributed by atoms with Crippen molar-refractivity contribution in [3.8, 4) is 0 Å². The van der Waals surface area contributed by atoms with Crippen LogP contribution in [0, 0.1) is 6.92 Å². The minimum Gasteiger partial charge on any atom is -0.335 e. The maximum atomic E-state index is 12.2. The van der Waals surface area contributed by atoms with Gasteiger partial charge < -0.3 is 9.88 Å². The van der Waals surface area contributed by atoms with Crippen molar-refractivity contribution in [1.82, 2.24) is 14.5 Å². The molecule has 1 aromatic carbocycles. The lowest BCUT2D eigenvalue weighted by Gasteiger charge is -2.07. The van der Waals surface area contributed by atoms with Gasteiger partial charge in [0.25, 0.3) is 0 Å². The molecule has 1 amide bonds. The van der Waals surface area contributed by atoms with Crippen molar-refractivity contribution < 1.29 is 4.79 Å². The lowest BCUT2D eigenvalue weighted by molar-refractivity contribution is -0.116. The fourth-order valence-electron chi connectivity index (χ4n) is 2.54. The van der Waals surface area contributed by atoms with Gasteiger partial charge in [-0.25, -0.2) is 9.97 Å². The molecule has 0 spiro atoms. The summed E-state index contributed by atoms with van der Waals surface area (Å²) < 4.78 is 4.18. The van der Waals surface area contributed by atoms with Gasteiger partial charge in [-0.3, -0.25) is 4.79 Å². The number of thioether (sulfide) groups is 2. The Kier molecular flexibility index (Phi) is 7.20. The lowest BCUT2D eigenvalue weighted by Crippen LogP contribution is -2.14. The first-order valence-corrected chi connectivity index (χ1v) is 11.8. The van der Waals surface area contributed by atoms with E-state index in [1.165, 1.54) is 0 Å². The number of nitrogens with zero attached hydrogens (tertiary/aromatic N) is 3. The van der Waals surface area contributed by atoms with Gasteiger partial charge in [0.05, 0.1) is 10.2 Å². The topological polar surface area (TPSA) is 59.8 Å². The predicted octanol–water partition coefficient (Wildman–Crippen LogP) is 5.06. The highest BCUT2D eigenvalue weighted by atomic mass is 32.2. The van der Waals surface area contributed by atoms with Gasteiger partial charge in [0, 0.05) is 42.6 Å². The van der Waals surface area contributed by atoms with Gasteiger partial charge in [-0.2, -0.15) is 11.8 Å². The summed E-state index contributed by atoms with van der Waals surface area (Å²) in [6.45, 7) is 7.02. The van der Waals surface area contributed by atoms with E-state index in [0.717, 1.165) is 37.6 Å². The van der Waals surface area contributed by atoms with Crippen molar-refractivity contribution in [3.05, 3.63) is 36.4 Å². The van der Waals surface area contributed by atoms with Crippen molar-refractivity contribution >= 4 is 56.7 Å². The summed E-state index contributed by atoms with van der Waals surface area (Å²) in [5.41, 5.74) is 1.82. The van der Waals surface area contributed by atoms with E-state index in [9.17, 15) is 4.79 Å². The van der Waals surface area contributed by atoms with Crippen LogP contribution in [0.1, 0.15) is 26.1 Å². The Morgan fingerprint density at radius 3 is 2.93 bits per heavy atom. The molecule has 0 saturated carbocycles. The Balaban J connectivity index is 1.54. The van der Waals surface area contributed by atoms with E-state index >= 15 is 0 Å². The molecule has 0 fully saturated rings. The highest BCUT2D eigenvalue weighted by Crippen LogP contribution is 2.31. The van der Waals surface area contributed by atoms with Crippen LogP contribution in [-0.4, -0.2) is 37.2 Å². The summed E-state index contributed by atoms with van der Waals surface area (Å²) in [4.78, 5) is 21.1. The normalized spacial score (nSPS) is 11.4. The maximum Gasteiger partial charge on any atom is 0.226 e. The number of amides is 1. The van der Waals surface area contributed by atoms with Crippen LogP contribution >= 0.6 is 34.9 Å². The van der Waals surface area contributed by atoms with Crippen LogP contribution in [0.25, 0.3) is 10.2 Å². The molecule has 0 radical (unpaired) electrons. The molecule has 0 bridgehead atoms. The predicted molar refractivity (Wildman–Crippen MR) is 118 cm³/mol. The number of fused-ring (bicyclic) bond motifs is 1. The van der Waals surface area contributed by atoms with E-state index < -0.39 is 0 Å². The number of thiazole rings is 1. The number of hydrogen-bond acceptors (Lipinski definition) is 6. The minimum absolute atomic E-state index is 0.00674. The van der Waals surface area contributed by atoms with Crippen LogP contribution in [0.2, 0.25) is 0 Å². The quantitative estimate of drug-likeness (QED) is 0.387. The number of carbonyl (C=O) groups is 1. The molecular weight excluding hydrogens is 396 g/mol. The first kappa shape index (κ1) is 20.2. The van der Waals surface area contributed by atoms with Gasteiger partial charge in [-0.15, -0.1) is 11.3 Å². The summed E-state index contributed by atoms with van der Waals surface area (Å²) in [5.74, 6) is 3.13. The number of rotatable bonds is 9. The van der Waals surface area contributed by atoms with Gasteiger partial charge >= 0.3 is 0 Å². The van der Waals surface area contributed by atoms with Crippen molar-refractivity contribution in [2.24, 2.45) is 0 Å². The monoisotopic (exact) mass is 420 g/mol. The third kappa shape index (κ3) is 5.99. The second-order valence-electron chi connectivity index (χ2n) is 6.40. The Morgan fingerprint density at radius 1 is 1.33 bits per heavy atom. The summed E-state index contributed by atoms with van der Waals surface area (Å²) in [5, 5.41) is 3.66. The Morgan fingerprint density at radius 2 is 2.19 bits per heavy atom. The SMILES string of the molecule is Cc1nccn1CCC(=O)Nc1ccc2nc(SCCSC(C)C)sc2c1. The van der Waals surface area contributed by atoms with Gasteiger partial charge in [0.2, 0.25) is 5.91 Å². The zero-order chi connectivity index (χ0) is 19.2. The second-order valence-corrected chi connectivity index (χ2v) is 10.5. The number of imidazole rings is 1. The molecule has 8 heteroatoms. The van der Waals surface area contributed by atoms with Gasteiger partial charge in [-0.05, 0) is 30.4 Å². The van der Waals surface area contributed by atoms with E-state index in [-0.39, 0.29) is 5.91 Å². The van der Waals surface area contributed by atoms with Gasteiger partial charge in [0.15, 0.2) is 4.34 Å². The second kappa shape index (κ2) is 9.61. The molecular formula is C19H24N4OS3. The third-order valence-electron chi connectivity index (χ3n) is 3.92. The summed E-state index contributed by atoms with van der Waals surface area (Å²) in [7, 11) is 0. The third-order valence-corrected chi connectivity index (χ3v) is 7.44. The number of carbonyl (C=O) groups excluding carboxylic acids is 1. The number of hydrogen-bond donors (Lipinski definition) is 1. The molecule has 144 valence electrons. The van der Waals surface area contributed by atoms with Gasteiger partial charge in [-0.1, -0.05) is 25.6 Å².